The first-order valence-electron chi connectivity index (χ1n) is 8.42. The van der Waals surface area contributed by atoms with Gasteiger partial charge in [0.2, 0.25) is 0 Å². The van der Waals surface area contributed by atoms with Crippen LogP contribution in [0.1, 0.15) is 17.2 Å². The molecule has 0 spiro atoms. The summed E-state index contributed by atoms with van der Waals surface area (Å²) in [6, 6.07) is 17.4. The summed E-state index contributed by atoms with van der Waals surface area (Å²) in [5, 5.41) is 3.74. The van der Waals surface area contributed by atoms with E-state index in [9.17, 15) is 0 Å². The SMILES string of the molecule is C=C1C2=C(C(c3ccc(Br)cc3)Nc3ccccc32)N2C=CC=CC12. The van der Waals surface area contributed by atoms with Gasteiger partial charge in [0.05, 0.1) is 17.8 Å². The first-order chi connectivity index (χ1) is 12.2. The fourth-order valence-corrected chi connectivity index (χ4v) is 4.27. The van der Waals surface area contributed by atoms with E-state index in [1.807, 2.05) is 0 Å². The third-order valence-corrected chi connectivity index (χ3v) is 5.66. The number of hydrogen-bond acceptors (Lipinski definition) is 2. The molecule has 3 aliphatic rings. The minimum absolute atomic E-state index is 0.107. The Balaban J connectivity index is 1.74. The minimum atomic E-state index is 0.107. The molecule has 0 aliphatic carbocycles. The summed E-state index contributed by atoms with van der Waals surface area (Å²) in [6.45, 7) is 4.44. The number of benzene rings is 2. The summed E-state index contributed by atoms with van der Waals surface area (Å²) in [4.78, 5) is 2.35. The molecule has 2 atom stereocenters. The van der Waals surface area contributed by atoms with Crippen LogP contribution in [0, 0.1) is 0 Å². The van der Waals surface area contributed by atoms with Crippen LogP contribution >= 0.6 is 15.9 Å². The molecule has 2 unspecified atom stereocenters. The van der Waals surface area contributed by atoms with Gasteiger partial charge < -0.3 is 10.2 Å². The van der Waals surface area contributed by atoms with Gasteiger partial charge in [0, 0.05) is 27.5 Å². The first kappa shape index (κ1) is 14.8. The van der Waals surface area contributed by atoms with Crippen molar-refractivity contribution >= 4 is 27.2 Å². The van der Waals surface area contributed by atoms with E-state index in [0.717, 1.165) is 4.47 Å². The lowest BCUT2D eigenvalue weighted by Gasteiger charge is -2.34. The smallest absolute Gasteiger partial charge is 0.0926 e. The molecule has 1 N–H and O–H groups in total. The molecule has 3 aliphatic heterocycles. The normalized spacial score (nSPS) is 23.2. The summed E-state index contributed by atoms with van der Waals surface area (Å²) >= 11 is 3.54. The van der Waals surface area contributed by atoms with Crippen molar-refractivity contribution in [3.05, 3.63) is 106 Å². The number of nitrogens with zero attached hydrogens (tertiary/aromatic N) is 1. The van der Waals surface area contributed by atoms with Gasteiger partial charge in [-0.25, -0.2) is 0 Å². The van der Waals surface area contributed by atoms with Gasteiger partial charge in [-0.15, -0.1) is 0 Å². The molecule has 0 amide bonds. The second kappa shape index (κ2) is 5.50. The second-order valence-electron chi connectivity index (χ2n) is 6.54. The van der Waals surface area contributed by atoms with Gasteiger partial charge in [0.1, 0.15) is 0 Å². The van der Waals surface area contributed by atoms with Crippen molar-refractivity contribution in [1.82, 2.24) is 4.90 Å². The molecule has 2 aromatic rings. The number of para-hydroxylation sites is 1. The Hall–Kier alpha value is -2.52. The largest absolute Gasteiger partial charge is 0.372 e. The number of allylic oxidation sites excluding steroid dienone is 2. The predicted octanol–water partition coefficient (Wildman–Crippen LogP) is 5.65. The van der Waals surface area contributed by atoms with Crippen molar-refractivity contribution in [2.45, 2.75) is 12.1 Å². The quantitative estimate of drug-likeness (QED) is 0.678. The summed E-state index contributed by atoms with van der Waals surface area (Å²) < 4.78 is 1.09. The van der Waals surface area contributed by atoms with Gasteiger partial charge in [-0.3, -0.25) is 0 Å². The molecule has 5 rings (SSSR count). The van der Waals surface area contributed by atoms with E-state index in [4.69, 9.17) is 0 Å². The highest BCUT2D eigenvalue weighted by Gasteiger charge is 2.41. The van der Waals surface area contributed by atoms with E-state index in [-0.39, 0.29) is 12.1 Å². The zero-order valence-electron chi connectivity index (χ0n) is 13.6. The highest BCUT2D eigenvalue weighted by Crippen LogP contribution is 2.51. The third kappa shape index (κ3) is 2.16. The van der Waals surface area contributed by atoms with Crippen LogP contribution in [-0.4, -0.2) is 10.9 Å². The molecular weight excluding hydrogens is 372 g/mol. The average molecular weight is 389 g/mol. The topological polar surface area (TPSA) is 15.3 Å². The van der Waals surface area contributed by atoms with Crippen LogP contribution in [0.2, 0.25) is 0 Å². The molecule has 0 bridgehead atoms. The second-order valence-corrected chi connectivity index (χ2v) is 7.45. The molecule has 0 radical (unpaired) electrons. The van der Waals surface area contributed by atoms with Gasteiger partial charge in [-0.2, -0.15) is 0 Å². The maximum absolute atomic E-state index is 4.44. The van der Waals surface area contributed by atoms with Gasteiger partial charge >= 0.3 is 0 Å². The number of anilines is 1. The number of rotatable bonds is 1. The van der Waals surface area contributed by atoms with Crippen LogP contribution in [0.25, 0.3) is 5.57 Å². The van der Waals surface area contributed by atoms with E-state index in [2.05, 4.69) is 106 Å². The van der Waals surface area contributed by atoms with E-state index < -0.39 is 0 Å². The number of halogens is 1. The third-order valence-electron chi connectivity index (χ3n) is 5.14. The van der Waals surface area contributed by atoms with Gasteiger partial charge in [0.25, 0.3) is 0 Å². The Morgan fingerprint density at radius 3 is 2.64 bits per heavy atom. The lowest BCUT2D eigenvalue weighted by Crippen LogP contribution is -2.30. The zero-order chi connectivity index (χ0) is 17.0. The Labute approximate surface area is 156 Å². The van der Waals surface area contributed by atoms with Crippen LogP contribution < -0.4 is 5.32 Å². The molecular formula is C22H17BrN2. The highest BCUT2D eigenvalue weighted by atomic mass is 79.9. The molecule has 122 valence electrons. The van der Waals surface area contributed by atoms with Crippen LogP contribution in [0.4, 0.5) is 5.69 Å². The zero-order valence-corrected chi connectivity index (χ0v) is 15.2. The molecule has 3 heterocycles. The fraction of sp³-hybridized carbons (Fsp3) is 0.0909. The Morgan fingerprint density at radius 1 is 1.00 bits per heavy atom. The van der Waals surface area contributed by atoms with Crippen LogP contribution in [-0.2, 0) is 0 Å². The molecule has 0 aromatic heterocycles. The molecule has 2 aromatic carbocycles. The van der Waals surface area contributed by atoms with Crippen LogP contribution in [0.3, 0.4) is 0 Å². The summed E-state index contributed by atoms with van der Waals surface area (Å²) in [7, 11) is 0. The van der Waals surface area contributed by atoms with E-state index in [1.54, 1.807) is 0 Å². The van der Waals surface area contributed by atoms with Crippen LogP contribution in [0.5, 0.6) is 0 Å². The molecule has 0 saturated carbocycles. The van der Waals surface area contributed by atoms with Crippen molar-refractivity contribution < 1.29 is 0 Å². The van der Waals surface area contributed by atoms with Crippen molar-refractivity contribution in [3.63, 3.8) is 0 Å². The average Bonchev–Trinajstić information content (AvgIpc) is 2.96. The van der Waals surface area contributed by atoms with Gasteiger partial charge in [-0.05, 0) is 35.4 Å². The van der Waals surface area contributed by atoms with Crippen molar-refractivity contribution in [2.75, 3.05) is 5.32 Å². The summed E-state index contributed by atoms with van der Waals surface area (Å²) in [5.41, 5.74) is 7.41. The molecule has 0 fully saturated rings. The monoisotopic (exact) mass is 388 g/mol. The molecule has 2 nitrogen and oxygen atoms in total. The van der Waals surface area contributed by atoms with E-state index in [0.29, 0.717) is 0 Å². The van der Waals surface area contributed by atoms with E-state index in [1.165, 1.54) is 33.7 Å². The molecule has 0 saturated heterocycles. The van der Waals surface area contributed by atoms with Crippen molar-refractivity contribution in [3.8, 4) is 0 Å². The lowest BCUT2D eigenvalue weighted by molar-refractivity contribution is 0.432. The van der Waals surface area contributed by atoms with Gasteiger partial charge in [0.15, 0.2) is 0 Å². The fourth-order valence-electron chi connectivity index (χ4n) is 4.00. The minimum Gasteiger partial charge on any atom is -0.372 e. The maximum atomic E-state index is 4.44. The predicted molar refractivity (Wildman–Crippen MR) is 107 cm³/mol. The summed E-state index contributed by atoms with van der Waals surface area (Å²) in [5.74, 6) is 0. The standard InChI is InChI=1S/C22H17BrN2/c1-14-19-8-4-5-13-25(19)22-20(14)17-6-2-3-7-18(17)24-21(22)15-9-11-16(23)12-10-15/h2-13,19,21,24H,1H2. The Bertz CT molecular complexity index is 966. The Kier molecular flexibility index (Phi) is 3.25. The number of nitrogens with one attached hydrogen (secondary N) is 1. The summed E-state index contributed by atoms with van der Waals surface area (Å²) in [6.07, 6.45) is 8.60. The van der Waals surface area contributed by atoms with Crippen LogP contribution in [0.15, 0.2) is 95.3 Å². The highest BCUT2D eigenvalue weighted by molar-refractivity contribution is 9.10. The molecule has 3 heteroatoms. The van der Waals surface area contributed by atoms with Gasteiger partial charge in [-0.1, -0.05) is 65.0 Å². The number of hydrogen-bond donors (Lipinski definition) is 1. The maximum Gasteiger partial charge on any atom is 0.0926 e. The van der Waals surface area contributed by atoms with Crippen molar-refractivity contribution in [2.24, 2.45) is 0 Å². The number of fused-ring (bicyclic) bond motifs is 4. The van der Waals surface area contributed by atoms with E-state index >= 15 is 0 Å². The molecule has 25 heavy (non-hydrogen) atoms. The lowest BCUT2D eigenvalue weighted by atomic mass is 9.88. The Morgan fingerprint density at radius 2 is 1.80 bits per heavy atom. The van der Waals surface area contributed by atoms with Crippen molar-refractivity contribution in [1.29, 1.82) is 0 Å². The first-order valence-corrected chi connectivity index (χ1v) is 9.21.